The first-order valence-electron chi connectivity index (χ1n) is 5.72. The highest BCUT2D eigenvalue weighted by atomic mass is 32.1. The normalized spacial score (nSPS) is 23.3. The number of ether oxygens (including phenoxy) is 1. The van der Waals surface area contributed by atoms with Crippen LogP contribution in [0.3, 0.4) is 0 Å². The number of halogens is 2. The number of aromatic amines is 1. The molecule has 0 spiro atoms. The number of methoxy groups -OCH3 is 1. The van der Waals surface area contributed by atoms with E-state index in [0.717, 1.165) is 18.9 Å². The average molecular weight is 270 g/mol. The minimum absolute atomic E-state index is 0.150. The van der Waals surface area contributed by atoms with Crippen molar-refractivity contribution in [1.82, 2.24) is 9.55 Å². The number of hydrogen-bond acceptors (Lipinski definition) is 2. The Labute approximate surface area is 107 Å². The van der Waals surface area contributed by atoms with Gasteiger partial charge in [-0.15, -0.1) is 0 Å². The molecule has 1 saturated carbocycles. The molecule has 3 rings (SSSR count). The van der Waals surface area contributed by atoms with E-state index >= 15 is 0 Å². The fraction of sp³-hybridized carbons (Fsp3) is 0.417. The number of nitrogens with one attached hydrogen (secondary N) is 1. The van der Waals surface area contributed by atoms with Gasteiger partial charge in [0.05, 0.1) is 11.6 Å². The van der Waals surface area contributed by atoms with Crippen LogP contribution in [0.4, 0.5) is 8.78 Å². The summed E-state index contributed by atoms with van der Waals surface area (Å²) in [7, 11) is 1.66. The highest BCUT2D eigenvalue weighted by Crippen LogP contribution is 2.37. The number of rotatable bonds is 2. The van der Waals surface area contributed by atoms with Gasteiger partial charge < -0.3 is 14.3 Å². The van der Waals surface area contributed by atoms with Gasteiger partial charge in [0.15, 0.2) is 10.6 Å². The molecular weight excluding hydrogens is 258 g/mol. The summed E-state index contributed by atoms with van der Waals surface area (Å²) >= 11 is 5.18. The maximum absolute atomic E-state index is 13.6. The molecule has 1 fully saturated rings. The Balaban J connectivity index is 2.12. The minimum atomic E-state index is -0.613. The van der Waals surface area contributed by atoms with Crippen molar-refractivity contribution in [3.63, 3.8) is 0 Å². The van der Waals surface area contributed by atoms with Crippen molar-refractivity contribution in [1.29, 1.82) is 0 Å². The molecule has 0 radical (unpaired) electrons. The molecule has 1 aromatic heterocycles. The van der Waals surface area contributed by atoms with Gasteiger partial charge in [-0.1, -0.05) is 0 Å². The Morgan fingerprint density at radius 2 is 2.11 bits per heavy atom. The van der Waals surface area contributed by atoms with Gasteiger partial charge >= 0.3 is 0 Å². The number of aromatic nitrogens is 2. The van der Waals surface area contributed by atoms with Crippen molar-refractivity contribution in [2.45, 2.75) is 25.0 Å². The number of nitrogens with zero attached hydrogens (tertiary/aromatic N) is 1. The predicted octanol–water partition coefficient (Wildman–Crippen LogP) is 3.33. The van der Waals surface area contributed by atoms with Gasteiger partial charge in [0.1, 0.15) is 11.3 Å². The van der Waals surface area contributed by atoms with Gasteiger partial charge in [-0.2, -0.15) is 0 Å². The number of hydrogen-bond donors (Lipinski definition) is 1. The molecule has 2 aromatic rings. The van der Waals surface area contributed by atoms with Crippen molar-refractivity contribution in [3.05, 3.63) is 28.5 Å². The third-order valence-electron chi connectivity index (χ3n) is 3.51. The lowest BCUT2D eigenvalue weighted by atomic mass is 9.89. The summed E-state index contributed by atoms with van der Waals surface area (Å²) in [6, 6.07) is 2.32. The van der Waals surface area contributed by atoms with E-state index in [0.29, 0.717) is 10.3 Å². The molecule has 3 nitrogen and oxygen atoms in total. The SMILES string of the molecule is COC1CC(n2c(=S)[nH]c3c(F)cc(F)cc32)C1. The molecule has 1 aliphatic carbocycles. The van der Waals surface area contributed by atoms with Crippen LogP contribution in [0.5, 0.6) is 0 Å². The predicted molar refractivity (Wildman–Crippen MR) is 66.1 cm³/mol. The van der Waals surface area contributed by atoms with Crippen LogP contribution >= 0.6 is 12.2 Å². The van der Waals surface area contributed by atoms with Gasteiger partial charge in [-0.25, -0.2) is 8.78 Å². The van der Waals surface area contributed by atoms with Crippen molar-refractivity contribution < 1.29 is 13.5 Å². The second-order valence-electron chi connectivity index (χ2n) is 4.56. The maximum atomic E-state index is 13.6. The third-order valence-corrected chi connectivity index (χ3v) is 3.81. The van der Waals surface area contributed by atoms with E-state index in [4.69, 9.17) is 17.0 Å². The van der Waals surface area contributed by atoms with E-state index in [1.165, 1.54) is 6.07 Å². The summed E-state index contributed by atoms with van der Waals surface area (Å²) in [4.78, 5) is 2.80. The number of benzene rings is 1. The second-order valence-corrected chi connectivity index (χ2v) is 4.95. The third kappa shape index (κ3) is 1.67. The monoisotopic (exact) mass is 270 g/mol. The molecule has 6 heteroatoms. The lowest BCUT2D eigenvalue weighted by molar-refractivity contribution is 0.00697. The maximum Gasteiger partial charge on any atom is 0.178 e. The topological polar surface area (TPSA) is 29.9 Å². The molecule has 96 valence electrons. The Kier molecular flexibility index (Phi) is 2.71. The van der Waals surface area contributed by atoms with Crippen LogP contribution in [0, 0.1) is 16.4 Å². The first-order valence-corrected chi connectivity index (χ1v) is 6.13. The van der Waals surface area contributed by atoms with Gasteiger partial charge in [0.2, 0.25) is 0 Å². The zero-order valence-corrected chi connectivity index (χ0v) is 10.6. The van der Waals surface area contributed by atoms with E-state index in [1.54, 1.807) is 11.7 Å². The zero-order chi connectivity index (χ0) is 12.9. The highest BCUT2D eigenvalue weighted by molar-refractivity contribution is 7.71. The van der Waals surface area contributed by atoms with E-state index in [2.05, 4.69) is 4.98 Å². The Hall–Kier alpha value is -1.27. The van der Waals surface area contributed by atoms with Crippen LogP contribution < -0.4 is 0 Å². The quantitative estimate of drug-likeness (QED) is 0.848. The van der Waals surface area contributed by atoms with Crippen LogP contribution in [0.25, 0.3) is 11.0 Å². The zero-order valence-electron chi connectivity index (χ0n) is 9.74. The lowest BCUT2D eigenvalue weighted by Crippen LogP contribution is -2.32. The largest absolute Gasteiger partial charge is 0.381 e. The average Bonchev–Trinajstić information content (AvgIpc) is 2.56. The van der Waals surface area contributed by atoms with E-state index in [1.807, 2.05) is 0 Å². The molecule has 18 heavy (non-hydrogen) atoms. The van der Waals surface area contributed by atoms with Gasteiger partial charge in [0, 0.05) is 19.2 Å². The fourth-order valence-corrected chi connectivity index (χ4v) is 2.80. The summed E-state index contributed by atoms with van der Waals surface area (Å²) in [5, 5.41) is 0. The van der Waals surface area contributed by atoms with Crippen LogP contribution in [0.15, 0.2) is 12.1 Å². The second kappa shape index (κ2) is 4.13. The molecule has 1 aromatic carbocycles. The Morgan fingerprint density at radius 1 is 1.39 bits per heavy atom. The fourth-order valence-electron chi connectivity index (χ4n) is 2.45. The highest BCUT2D eigenvalue weighted by Gasteiger charge is 2.32. The van der Waals surface area contributed by atoms with Crippen LogP contribution in [-0.2, 0) is 4.74 Å². The van der Waals surface area contributed by atoms with Crippen LogP contribution in [-0.4, -0.2) is 22.8 Å². The molecule has 0 unspecified atom stereocenters. The first kappa shape index (κ1) is 11.8. The number of imidazole rings is 1. The van der Waals surface area contributed by atoms with Crippen molar-refractivity contribution in [3.8, 4) is 0 Å². The molecule has 0 bridgehead atoms. The van der Waals surface area contributed by atoms with Crippen molar-refractivity contribution in [2.24, 2.45) is 0 Å². The molecule has 0 saturated heterocycles. The Bertz CT molecular complexity index is 658. The number of H-pyrrole nitrogens is 1. The summed E-state index contributed by atoms with van der Waals surface area (Å²) in [5.41, 5.74) is 0.749. The summed E-state index contributed by atoms with van der Waals surface area (Å²) in [5.74, 6) is -1.21. The van der Waals surface area contributed by atoms with E-state index in [-0.39, 0.29) is 17.7 Å². The Morgan fingerprint density at radius 3 is 2.78 bits per heavy atom. The molecule has 1 N–H and O–H groups in total. The lowest BCUT2D eigenvalue weighted by Gasteiger charge is -2.35. The molecule has 1 aliphatic rings. The van der Waals surface area contributed by atoms with Crippen LogP contribution in [0.1, 0.15) is 18.9 Å². The standard InChI is InChI=1S/C12H12F2N2OS/c1-17-8-4-7(5-8)16-10-3-6(13)2-9(14)11(10)15-12(16)18/h2-3,7-8H,4-5H2,1H3,(H,15,18). The number of fused-ring (bicyclic) bond motifs is 1. The summed E-state index contributed by atoms with van der Waals surface area (Å²) in [6.45, 7) is 0. The van der Waals surface area contributed by atoms with Gasteiger partial charge in [-0.3, -0.25) is 0 Å². The van der Waals surface area contributed by atoms with Crippen molar-refractivity contribution in [2.75, 3.05) is 7.11 Å². The van der Waals surface area contributed by atoms with Gasteiger partial charge in [-0.05, 0) is 31.1 Å². The van der Waals surface area contributed by atoms with E-state index in [9.17, 15) is 8.78 Å². The molecule has 1 heterocycles. The summed E-state index contributed by atoms with van der Waals surface area (Å²) in [6.07, 6.45) is 1.84. The molecular formula is C12H12F2N2OS. The molecule has 0 amide bonds. The van der Waals surface area contributed by atoms with Crippen molar-refractivity contribution >= 4 is 23.3 Å². The molecule has 0 atom stereocenters. The van der Waals surface area contributed by atoms with E-state index < -0.39 is 11.6 Å². The molecule has 0 aliphatic heterocycles. The van der Waals surface area contributed by atoms with Gasteiger partial charge in [0.25, 0.3) is 0 Å². The van der Waals surface area contributed by atoms with Crippen LogP contribution in [0.2, 0.25) is 0 Å². The minimum Gasteiger partial charge on any atom is -0.381 e. The summed E-state index contributed by atoms with van der Waals surface area (Å²) < 4.78 is 34.3. The first-order chi connectivity index (χ1) is 8.60. The smallest absolute Gasteiger partial charge is 0.178 e.